The summed E-state index contributed by atoms with van der Waals surface area (Å²) in [6.45, 7) is 2.90. The Morgan fingerprint density at radius 3 is 2.52 bits per heavy atom. The number of hydrogen-bond acceptors (Lipinski definition) is 6. The first kappa shape index (κ1) is 22.7. The second-order valence-corrected chi connectivity index (χ2v) is 7.55. The van der Waals surface area contributed by atoms with Crippen molar-refractivity contribution in [3.63, 3.8) is 0 Å². The number of ether oxygens (including phenoxy) is 1. The lowest BCUT2D eigenvalue weighted by Crippen LogP contribution is -2.34. The molecule has 3 rings (SSSR count). The minimum atomic E-state index is -4.90. The molecule has 1 N–H and O–H groups in total. The summed E-state index contributed by atoms with van der Waals surface area (Å²) in [5.41, 5.74) is 0.461. The predicted molar refractivity (Wildman–Crippen MR) is 105 cm³/mol. The van der Waals surface area contributed by atoms with Crippen LogP contribution in [0.15, 0.2) is 30.6 Å². The average molecular weight is 441 g/mol. The highest BCUT2D eigenvalue weighted by Crippen LogP contribution is 2.27. The molecule has 11 heteroatoms. The van der Waals surface area contributed by atoms with Gasteiger partial charge < -0.3 is 19.9 Å². The molecule has 1 aromatic heterocycles. The summed E-state index contributed by atoms with van der Waals surface area (Å²) in [6.07, 6.45) is -1.21. The van der Waals surface area contributed by atoms with Crippen LogP contribution >= 0.6 is 0 Å². The number of carbonyl (C=O) groups excluding carboxylic acids is 1. The second kappa shape index (κ2) is 9.04. The number of benzene rings is 1. The van der Waals surface area contributed by atoms with E-state index in [2.05, 4.69) is 24.9 Å². The van der Waals surface area contributed by atoms with Crippen LogP contribution in [0.2, 0.25) is 0 Å². The van der Waals surface area contributed by atoms with Gasteiger partial charge in [0.05, 0.1) is 11.6 Å². The first-order valence-corrected chi connectivity index (χ1v) is 9.63. The number of amides is 1. The number of nitrogens with zero attached hydrogens (tertiary/aromatic N) is 4. The van der Waals surface area contributed by atoms with Crippen LogP contribution in [-0.2, 0) is 0 Å². The van der Waals surface area contributed by atoms with E-state index in [-0.39, 0.29) is 17.4 Å². The van der Waals surface area contributed by atoms with Crippen LogP contribution < -0.4 is 10.1 Å². The Balaban J connectivity index is 1.62. The Morgan fingerprint density at radius 1 is 1.29 bits per heavy atom. The van der Waals surface area contributed by atoms with Crippen LogP contribution in [0.4, 0.5) is 23.5 Å². The number of nitrogens with one attached hydrogen (secondary N) is 1. The fraction of sp³-hybridized carbons (Fsp3) is 0.450. The fourth-order valence-electron chi connectivity index (χ4n) is 3.37. The molecule has 1 aromatic carbocycles. The largest absolute Gasteiger partial charge is 0.573 e. The first-order chi connectivity index (χ1) is 14.5. The number of rotatable bonds is 6. The molecular weight excluding hydrogens is 418 g/mol. The van der Waals surface area contributed by atoms with Crippen molar-refractivity contribution in [2.45, 2.75) is 31.8 Å². The molecule has 1 aliphatic heterocycles. The lowest BCUT2D eigenvalue weighted by atomic mass is 10.1. The lowest BCUT2D eigenvalue weighted by Gasteiger charge is -2.20. The third-order valence-corrected chi connectivity index (χ3v) is 5.10. The van der Waals surface area contributed by atoms with E-state index in [9.17, 15) is 22.4 Å². The van der Waals surface area contributed by atoms with Crippen LogP contribution in [0, 0.1) is 5.82 Å². The zero-order valence-corrected chi connectivity index (χ0v) is 17.3. The highest BCUT2D eigenvalue weighted by molar-refractivity contribution is 5.93. The van der Waals surface area contributed by atoms with Crippen molar-refractivity contribution < 1.29 is 27.1 Å². The summed E-state index contributed by atoms with van der Waals surface area (Å²) in [5.74, 6) is -1.50. The molecule has 2 unspecified atom stereocenters. The van der Waals surface area contributed by atoms with Crippen LogP contribution in [0.3, 0.4) is 0 Å². The Hall–Kier alpha value is -2.95. The minimum absolute atomic E-state index is 0.116. The summed E-state index contributed by atoms with van der Waals surface area (Å²) in [4.78, 5) is 24.7. The fourth-order valence-corrected chi connectivity index (χ4v) is 3.37. The van der Waals surface area contributed by atoms with E-state index in [1.54, 1.807) is 11.8 Å². The molecule has 0 radical (unpaired) electrons. The Labute approximate surface area is 177 Å². The molecule has 1 amide bonds. The number of aromatic nitrogens is 2. The van der Waals surface area contributed by atoms with Crippen molar-refractivity contribution in [1.29, 1.82) is 0 Å². The average Bonchev–Trinajstić information content (AvgIpc) is 3.17. The highest BCUT2D eigenvalue weighted by Gasteiger charge is 2.31. The smallest absolute Gasteiger partial charge is 0.406 e. The lowest BCUT2D eigenvalue weighted by molar-refractivity contribution is -0.274. The van der Waals surface area contributed by atoms with Gasteiger partial charge in [-0.15, -0.1) is 13.2 Å². The maximum atomic E-state index is 14.2. The van der Waals surface area contributed by atoms with Crippen molar-refractivity contribution in [3.05, 3.63) is 47.5 Å². The van der Waals surface area contributed by atoms with Gasteiger partial charge in [0.1, 0.15) is 11.6 Å². The van der Waals surface area contributed by atoms with E-state index in [1.807, 2.05) is 14.1 Å². The standard InChI is InChI=1S/C20H23F4N5O2/c1-12(16-5-4-15(8-17(16)21)31-20(22,23)24)27-19-25-9-13(10-26-19)18(30)29-7-6-14(11-29)28(2)3/h4-5,8-10,12,14H,6-7,11H2,1-3H3,(H,25,26,27). The van der Waals surface area contributed by atoms with E-state index in [0.717, 1.165) is 12.5 Å². The summed E-state index contributed by atoms with van der Waals surface area (Å²) in [5, 5.41) is 2.87. The SMILES string of the molecule is CC(Nc1ncc(C(=O)N2CCC(N(C)C)C2)cn1)c1ccc(OC(F)(F)F)cc1F. The van der Waals surface area contributed by atoms with Crippen LogP contribution in [-0.4, -0.2) is 65.3 Å². The van der Waals surface area contributed by atoms with Crippen molar-refractivity contribution in [1.82, 2.24) is 19.8 Å². The molecule has 1 saturated heterocycles. The molecule has 2 heterocycles. The molecule has 1 fully saturated rings. The summed E-state index contributed by atoms with van der Waals surface area (Å²) in [7, 11) is 3.95. The summed E-state index contributed by atoms with van der Waals surface area (Å²) in [6, 6.07) is 2.57. The molecule has 0 spiro atoms. The summed E-state index contributed by atoms with van der Waals surface area (Å²) < 4.78 is 54.7. The number of likely N-dealkylation sites (N-methyl/N-ethyl adjacent to an activating group) is 1. The summed E-state index contributed by atoms with van der Waals surface area (Å²) >= 11 is 0. The zero-order chi connectivity index (χ0) is 22.8. The third-order valence-electron chi connectivity index (χ3n) is 5.10. The number of likely N-dealkylation sites (tertiary alicyclic amines) is 1. The van der Waals surface area contributed by atoms with Gasteiger partial charge in [-0.1, -0.05) is 6.07 Å². The first-order valence-electron chi connectivity index (χ1n) is 9.63. The van der Waals surface area contributed by atoms with Crippen molar-refractivity contribution in [3.8, 4) is 5.75 Å². The van der Waals surface area contributed by atoms with Gasteiger partial charge in [0.2, 0.25) is 5.95 Å². The van der Waals surface area contributed by atoms with Gasteiger partial charge in [0, 0.05) is 43.2 Å². The third kappa shape index (κ3) is 5.81. The molecule has 7 nitrogen and oxygen atoms in total. The number of carbonyl (C=O) groups is 1. The Kier molecular flexibility index (Phi) is 6.63. The quantitative estimate of drug-likeness (QED) is 0.693. The molecule has 168 valence electrons. The number of halogens is 4. The topological polar surface area (TPSA) is 70.6 Å². The molecular formula is C20H23F4N5O2. The van der Waals surface area contributed by atoms with Gasteiger partial charge in [-0.25, -0.2) is 14.4 Å². The van der Waals surface area contributed by atoms with Gasteiger partial charge >= 0.3 is 6.36 Å². The van der Waals surface area contributed by atoms with E-state index in [1.165, 1.54) is 18.5 Å². The van der Waals surface area contributed by atoms with Gasteiger partial charge in [-0.3, -0.25) is 4.79 Å². The van der Waals surface area contributed by atoms with Gasteiger partial charge in [0.15, 0.2) is 0 Å². The van der Waals surface area contributed by atoms with Crippen LogP contribution in [0.1, 0.15) is 35.3 Å². The van der Waals surface area contributed by atoms with Crippen molar-refractivity contribution in [2.75, 3.05) is 32.5 Å². The van der Waals surface area contributed by atoms with E-state index in [4.69, 9.17) is 0 Å². The van der Waals surface area contributed by atoms with E-state index in [0.29, 0.717) is 30.8 Å². The maximum absolute atomic E-state index is 14.2. The number of alkyl halides is 3. The molecule has 0 aliphatic carbocycles. The van der Waals surface area contributed by atoms with Gasteiger partial charge in [-0.05, 0) is 33.5 Å². The van der Waals surface area contributed by atoms with E-state index < -0.39 is 24.0 Å². The molecule has 31 heavy (non-hydrogen) atoms. The zero-order valence-electron chi connectivity index (χ0n) is 17.3. The monoisotopic (exact) mass is 441 g/mol. The highest BCUT2D eigenvalue weighted by atomic mass is 19.4. The molecule has 0 bridgehead atoms. The minimum Gasteiger partial charge on any atom is -0.406 e. The maximum Gasteiger partial charge on any atom is 0.573 e. The molecule has 1 aliphatic rings. The molecule has 0 saturated carbocycles. The normalized spacial score (nSPS) is 17.7. The predicted octanol–water partition coefficient (Wildman–Crippen LogP) is 3.46. The van der Waals surface area contributed by atoms with Crippen LogP contribution in [0.25, 0.3) is 0 Å². The Morgan fingerprint density at radius 2 is 1.97 bits per heavy atom. The molecule has 2 atom stereocenters. The van der Waals surface area contributed by atoms with E-state index >= 15 is 0 Å². The van der Waals surface area contributed by atoms with Crippen molar-refractivity contribution >= 4 is 11.9 Å². The number of hydrogen-bond donors (Lipinski definition) is 1. The number of anilines is 1. The Bertz CT molecular complexity index is 921. The van der Waals surface area contributed by atoms with Gasteiger partial charge in [-0.2, -0.15) is 0 Å². The van der Waals surface area contributed by atoms with Crippen LogP contribution in [0.5, 0.6) is 5.75 Å². The second-order valence-electron chi connectivity index (χ2n) is 7.55. The van der Waals surface area contributed by atoms with Gasteiger partial charge in [0.25, 0.3) is 5.91 Å². The van der Waals surface area contributed by atoms with Crippen molar-refractivity contribution in [2.24, 2.45) is 0 Å². The molecule has 2 aromatic rings.